The smallest absolute Gasteiger partial charge is 0.316 e. The van der Waals surface area contributed by atoms with Crippen LogP contribution in [0, 0.1) is 22.7 Å². The van der Waals surface area contributed by atoms with Crippen LogP contribution in [0.5, 0.6) is 0 Å². The van der Waals surface area contributed by atoms with Gasteiger partial charge in [0.2, 0.25) is 27.6 Å². The summed E-state index contributed by atoms with van der Waals surface area (Å²) in [4.78, 5) is 80.4. The first-order valence-corrected chi connectivity index (χ1v) is 18.0. The third kappa shape index (κ3) is 8.56. The topological polar surface area (TPSA) is 205 Å². The summed E-state index contributed by atoms with van der Waals surface area (Å²) in [6, 6.07) is -5.08. The molecule has 46 heavy (non-hydrogen) atoms. The maximum absolute atomic E-state index is 14.2. The molecule has 14 nitrogen and oxygen atoms in total. The van der Waals surface area contributed by atoms with E-state index in [0.29, 0.717) is 17.1 Å². The Labute approximate surface area is 272 Å². The number of carbonyl (C=O) groups excluding carboxylic acids is 6. The summed E-state index contributed by atoms with van der Waals surface area (Å²) >= 11 is 0. The van der Waals surface area contributed by atoms with Crippen molar-refractivity contribution in [2.75, 3.05) is 19.8 Å². The Bertz CT molecular complexity index is 1330. The van der Waals surface area contributed by atoms with Gasteiger partial charge in [0.1, 0.15) is 18.1 Å². The van der Waals surface area contributed by atoms with Crippen molar-refractivity contribution in [3.05, 3.63) is 0 Å². The van der Waals surface area contributed by atoms with E-state index in [1.54, 1.807) is 20.8 Å². The van der Waals surface area contributed by atoms with Gasteiger partial charge in [-0.25, -0.2) is 17.5 Å². The van der Waals surface area contributed by atoms with Crippen LogP contribution in [0.15, 0.2) is 0 Å². The molecule has 0 aromatic carbocycles. The van der Waals surface area contributed by atoms with Gasteiger partial charge in [0.05, 0.1) is 12.3 Å². The molecule has 0 aromatic heterocycles. The summed E-state index contributed by atoms with van der Waals surface area (Å²) in [5, 5.41) is 8.03. The van der Waals surface area contributed by atoms with Gasteiger partial charge >= 0.3 is 6.03 Å². The fourth-order valence-electron chi connectivity index (χ4n) is 6.87. The highest BCUT2D eigenvalue weighted by molar-refractivity contribution is 7.88. The summed E-state index contributed by atoms with van der Waals surface area (Å²) < 4.78 is 24.7. The lowest BCUT2D eigenvalue weighted by Gasteiger charge is -2.35. The first-order chi connectivity index (χ1) is 21.2. The van der Waals surface area contributed by atoms with Crippen LogP contribution in [0.2, 0.25) is 0 Å². The SMILES string of the molecule is CN(C(=O)[C@@H](NC(=O)N[C@H]1CCCCCCCCC[C@@H](C(=O)C(N)=O)NC(=O)[C@@H]2[C@@H]3[C@H](CN2C1=O)C3(C)C)C(C)(C)C)S(C)(=O)=O. The van der Waals surface area contributed by atoms with E-state index in [1.807, 2.05) is 13.8 Å². The second-order valence-corrected chi connectivity index (χ2v) is 16.8. The normalized spacial score (nSPS) is 28.2. The fraction of sp³-hybridized carbons (Fsp3) is 0.806. The van der Waals surface area contributed by atoms with Crippen molar-refractivity contribution in [1.82, 2.24) is 25.2 Å². The van der Waals surface area contributed by atoms with E-state index in [9.17, 15) is 37.2 Å². The molecule has 1 saturated carbocycles. The number of urea groups is 1. The van der Waals surface area contributed by atoms with Crippen molar-refractivity contribution < 1.29 is 37.2 Å². The van der Waals surface area contributed by atoms with Crippen molar-refractivity contribution in [3.8, 4) is 0 Å². The van der Waals surface area contributed by atoms with E-state index in [0.717, 1.165) is 45.4 Å². The number of ketones is 1. The number of sulfonamides is 1. The predicted molar refractivity (Wildman–Crippen MR) is 170 cm³/mol. The van der Waals surface area contributed by atoms with Crippen LogP contribution in [-0.4, -0.2) is 97.1 Å². The average Bonchev–Trinajstić information content (AvgIpc) is 3.26. The van der Waals surface area contributed by atoms with E-state index in [1.165, 1.54) is 4.90 Å². The van der Waals surface area contributed by atoms with Crippen molar-refractivity contribution in [2.45, 2.75) is 117 Å². The van der Waals surface area contributed by atoms with Gasteiger partial charge in [0, 0.05) is 13.6 Å². The highest BCUT2D eigenvalue weighted by Crippen LogP contribution is 2.65. The Balaban J connectivity index is 1.89. The Kier molecular flexibility index (Phi) is 11.5. The van der Waals surface area contributed by atoms with Crippen LogP contribution in [0.4, 0.5) is 4.79 Å². The highest BCUT2D eigenvalue weighted by atomic mass is 32.2. The predicted octanol–water partition coefficient (Wildman–Crippen LogP) is 1.03. The third-order valence-corrected chi connectivity index (χ3v) is 11.1. The second kappa shape index (κ2) is 14.3. The zero-order valence-corrected chi connectivity index (χ0v) is 29.0. The lowest BCUT2D eigenvalue weighted by Crippen LogP contribution is -2.61. The minimum Gasteiger partial charge on any atom is -0.363 e. The highest BCUT2D eigenvalue weighted by Gasteiger charge is 2.69. The van der Waals surface area contributed by atoms with Crippen molar-refractivity contribution in [1.29, 1.82) is 0 Å². The molecule has 0 aromatic rings. The molecule has 2 aliphatic heterocycles. The maximum atomic E-state index is 14.2. The van der Waals surface area contributed by atoms with Crippen LogP contribution in [0.1, 0.15) is 92.4 Å². The van der Waals surface area contributed by atoms with Gasteiger partial charge in [0.25, 0.3) is 11.8 Å². The average molecular weight is 669 g/mol. The second-order valence-electron chi connectivity index (χ2n) is 14.8. The van der Waals surface area contributed by atoms with E-state index in [4.69, 9.17) is 5.73 Å². The summed E-state index contributed by atoms with van der Waals surface area (Å²) in [7, 11) is -2.77. The van der Waals surface area contributed by atoms with Gasteiger partial charge < -0.3 is 26.6 Å². The number of amides is 6. The molecule has 6 amide bonds. The summed E-state index contributed by atoms with van der Waals surface area (Å²) in [5.74, 6) is -3.98. The maximum Gasteiger partial charge on any atom is 0.316 e. The number of primary amides is 1. The molecule has 260 valence electrons. The van der Waals surface area contributed by atoms with Crippen molar-refractivity contribution in [2.24, 2.45) is 28.4 Å². The molecule has 2 heterocycles. The van der Waals surface area contributed by atoms with E-state index in [-0.39, 0.29) is 36.6 Å². The minimum atomic E-state index is -3.89. The summed E-state index contributed by atoms with van der Waals surface area (Å²) in [6.07, 6.45) is 7.04. The van der Waals surface area contributed by atoms with Gasteiger partial charge in [-0.15, -0.1) is 0 Å². The molecule has 3 aliphatic rings. The Morgan fingerprint density at radius 1 is 1.00 bits per heavy atom. The van der Waals surface area contributed by atoms with Gasteiger partial charge in [-0.1, -0.05) is 79.6 Å². The lowest BCUT2D eigenvalue weighted by atomic mass is 9.86. The first kappa shape index (κ1) is 37.2. The molecule has 6 atom stereocenters. The molecular weight excluding hydrogens is 616 g/mol. The van der Waals surface area contributed by atoms with E-state index < -0.39 is 75.0 Å². The molecule has 2 saturated heterocycles. The van der Waals surface area contributed by atoms with Gasteiger partial charge in [0.15, 0.2) is 0 Å². The van der Waals surface area contributed by atoms with E-state index in [2.05, 4.69) is 16.0 Å². The fourth-order valence-corrected chi connectivity index (χ4v) is 7.31. The number of Topliss-reactive ketones (excluding diaryl/α,β-unsaturated/α-hetero) is 1. The monoisotopic (exact) mass is 668 g/mol. The van der Waals surface area contributed by atoms with Crippen LogP contribution >= 0.6 is 0 Å². The lowest BCUT2D eigenvalue weighted by molar-refractivity contribution is -0.143. The molecule has 15 heteroatoms. The first-order valence-electron chi connectivity index (χ1n) is 16.2. The van der Waals surface area contributed by atoms with Crippen molar-refractivity contribution >= 4 is 45.5 Å². The number of nitrogens with one attached hydrogen (secondary N) is 3. The molecule has 3 rings (SSSR count). The number of piperidine rings is 1. The molecule has 1 aliphatic carbocycles. The number of nitrogens with zero attached hydrogens (tertiary/aromatic N) is 2. The summed E-state index contributed by atoms with van der Waals surface area (Å²) in [6.45, 7) is 9.36. The Morgan fingerprint density at radius 3 is 2.07 bits per heavy atom. The van der Waals surface area contributed by atoms with E-state index >= 15 is 0 Å². The molecule has 0 bridgehead atoms. The minimum absolute atomic E-state index is 0.0310. The number of hydrogen-bond acceptors (Lipinski definition) is 8. The summed E-state index contributed by atoms with van der Waals surface area (Å²) in [5.41, 5.74) is 4.20. The Hall–Kier alpha value is -3.23. The number of rotatable bonds is 6. The third-order valence-electron chi connectivity index (χ3n) is 9.92. The molecule has 0 unspecified atom stereocenters. The molecule has 5 N–H and O–H groups in total. The number of fused-ring (bicyclic) bond motifs is 3. The van der Waals surface area contributed by atoms with Crippen LogP contribution in [0.25, 0.3) is 0 Å². The van der Waals surface area contributed by atoms with Crippen LogP contribution < -0.4 is 21.7 Å². The number of hydrogen-bond donors (Lipinski definition) is 4. The molecule has 0 spiro atoms. The van der Waals surface area contributed by atoms with Gasteiger partial charge in [-0.2, -0.15) is 0 Å². The standard InChI is InChI=1S/C31H52N6O8S/c1-30(2,3)24(28(42)36(6)46(7,44)45)35-29(43)34-20-16-14-12-10-8-9-11-13-15-19(23(38)25(32)39)33-26(40)22-21-18(31(21,4)5)17-37(22)27(20)41/h18-22,24H,8-17H2,1-7H3,(H2,32,39)(H,33,40)(H2,34,35,43)/t18-,19-,20-,21-,22-,24+/m0/s1. The zero-order chi connectivity index (χ0) is 34.8. The van der Waals surface area contributed by atoms with Crippen LogP contribution in [-0.2, 0) is 34.0 Å². The van der Waals surface area contributed by atoms with Gasteiger partial charge in [-0.3, -0.25) is 24.0 Å². The largest absolute Gasteiger partial charge is 0.363 e. The molecule has 3 fully saturated rings. The zero-order valence-electron chi connectivity index (χ0n) is 28.2. The molecule has 0 radical (unpaired) electrons. The van der Waals surface area contributed by atoms with Crippen LogP contribution in [0.3, 0.4) is 0 Å². The molecular formula is C31H52N6O8S. The number of carbonyl (C=O) groups is 6. The quantitative estimate of drug-likeness (QED) is 0.300. The number of likely N-dealkylation sites (N-methyl/N-ethyl adjacent to an activating group) is 1. The Morgan fingerprint density at radius 2 is 1.54 bits per heavy atom. The van der Waals surface area contributed by atoms with Crippen molar-refractivity contribution in [3.63, 3.8) is 0 Å². The van der Waals surface area contributed by atoms with Gasteiger partial charge in [-0.05, 0) is 35.5 Å². The number of nitrogens with two attached hydrogens (primary N) is 1.